The number of nitrogens with one attached hydrogen (secondary N) is 1. The maximum Gasteiger partial charge on any atom is 0.104 e. The molecule has 1 N–H and O–H groups in total. The number of hydrogen-bond acceptors (Lipinski definition) is 4. The third-order valence-corrected chi connectivity index (χ3v) is 2.92. The van der Waals surface area contributed by atoms with Crippen LogP contribution in [0.2, 0.25) is 0 Å². The van der Waals surface area contributed by atoms with Crippen LogP contribution in [0.4, 0.5) is 0 Å². The molecule has 4 nitrogen and oxygen atoms in total. The van der Waals surface area contributed by atoms with E-state index in [2.05, 4.69) is 30.3 Å². The fraction of sp³-hybridized carbons (Fsp3) is 0.909. The topological polar surface area (TPSA) is 48.3 Å². The maximum atomic E-state index is 8.98. The van der Waals surface area contributed by atoms with Gasteiger partial charge in [-0.2, -0.15) is 5.26 Å². The first-order valence-corrected chi connectivity index (χ1v) is 5.28. The van der Waals surface area contributed by atoms with Crippen molar-refractivity contribution in [3.05, 3.63) is 0 Å². The molecule has 88 valence electrons. The molecule has 0 heterocycles. The van der Waals surface area contributed by atoms with Crippen LogP contribution in [0.25, 0.3) is 0 Å². The summed E-state index contributed by atoms with van der Waals surface area (Å²) in [4.78, 5) is 2.20. The monoisotopic (exact) mass is 213 g/mol. The van der Waals surface area contributed by atoms with Crippen molar-refractivity contribution in [1.82, 2.24) is 10.2 Å². The van der Waals surface area contributed by atoms with Crippen molar-refractivity contribution in [3.63, 3.8) is 0 Å². The first-order chi connectivity index (χ1) is 6.99. The van der Waals surface area contributed by atoms with E-state index >= 15 is 0 Å². The minimum Gasteiger partial charge on any atom is -0.383 e. The van der Waals surface area contributed by atoms with Crippen LogP contribution in [0.5, 0.6) is 0 Å². The molecule has 0 spiro atoms. The second-order valence-electron chi connectivity index (χ2n) is 4.23. The predicted octanol–water partition coefficient (Wildman–Crippen LogP) is 0.845. The van der Waals surface area contributed by atoms with Gasteiger partial charge >= 0.3 is 0 Å². The predicted molar refractivity (Wildman–Crippen MR) is 61.7 cm³/mol. The van der Waals surface area contributed by atoms with Gasteiger partial charge in [-0.1, -0.05) is 0 Å². The normalized spacial score (nSPS) is 17.1. The van der Waals surface area contributed by atoms with Crippen LogP contribution in [-0.2, 0) is 4.74 Å². The molecule has 0 rings (SSSR count). The SMILES string of the molecule is CNC(C)(C#N)CCN(C)C(C)COC. The second kappa shape index (κ2) is 6.78. The molecule has 0 aliphatic rings. The summed E-state index contributed by atoms with van der Waals surface area (Å²) < 4.78 is 5.09. The Hall–Kier alpha value is -0.630. The van der Waals surface area contributed by atoms with Crippen LogP contribution in [0.15, 0.2) is 0 Å². The fourth-order valence-corrected chi connectivity index (χ4v) is 1.23. The Morgan fingerprint density at radius 1 is 1.60 bits per heavy atom. The molecule has 0 radical (unpaired) electrons. The van der Waals surface area contributed by atoms with E-state index in [1.54, 1.807) is 7.11 Å². The van der Waals surface area contributed by atoms with Gasteiger partial charge in [0.1, 0.15) is 5.54 Å². The van der Waals surface area contributed by atoms with E-state index in [1.165, 1.54) is 0 Å². The van der Waals surface area contributed by atoms with Crippen LogP contribution in [0.1, 0.15) is 20.3 Å². The van der Waals surface area contributed by atoms with E-state index in [0.29, 0.717) is 6.04 Å². The molecule has 4 heteroatoms. The lowest BCUT2D eigenvalue weighted by Crippen LogP contribution is -2.43. The summed E-state index contributed by atoms with van der Waals surface area (Å²) in [6.07, 6.45) is 0.810. The van der Waals surface area contributed by atoms with Crippen LogP contribution in [0, 0.1) is 11.3 Å². The molecule has 0 aliphatic carbocycles. The average molecular weight is 213 g/mol. The molecule has 0 aromatic rings. The van der Waals surface area contributed by atoms with Gasteiger partial charge in [0, 0.05) is 19.7 Å². The summed E-state index contributed by atoms with van der Waals surface area (Å²) >= 11 is 0. The summed E-state index contributed by atoms with van der Waals surface area (Å²) in [6.45, 7) is 5.64. The zero-order chi connectivity index (χ0) is 11.9. The smallest absolute Gasteiger partial charge is 0.104 e. The van der Waals surface area contributed by atoms with Gasteiger partial charge in [0.2, 0.25) is 0 Å². The molecule has 2 atom stereocenters. The Balaban J connectivity index is 3.99. The molecule has 0 bridgehead atoms. The molecular weight excluding hydrogens is 190 g/mol. The molecule has 0 aromatic heterocycles. The maximum absolute atomic E-state index is 8.98. The first-order valence-electron chi connectivity index (χ1n) is 5.28. The Labute approximate surface area is 93.2 Å². The number of hydrogen-bond donors (Lipinski definition) is 1. The average Bonchev–Trinajstić information content (AvgIpc) is 2.25. The van der Waals surface area contributed by atoms with Crippen molar-refractivity contribution in [2.75, 3.05) is 34.4 Å². The first kappa shape index (κ1) is 14.4. The third kappa shape index (κ3) is 5.12. The minimum atomic E-state index is -0.430. The lowest BCUT2D eigenvalue weighted by Gasteiger charge is -2.28. The van der Waals surface area contributed by atoms with Crippen molar-refractivity contribution in [1.29, 1.82) is 5.26 Å². The van der Waals surface area contributed by atoms with E-state index in [0.717, 1.165) is 19.6 Å². The van der Waals surface area contributed by atoms with Gasteiger partial charge in [-0.15, -0.1) is 0 Å². The highest BCUT2D eigenvalue weighted by Gasteiger charge is 2.22. The van der Waals surface area contributed by atoms with Crippen molar-refractivity contribution in [2.45, 2.75) is 31.8 Å². The number of methoxy groups -OCH3 is 1. The molecule has 0 fully saturated rings. The highest BCUT2D eigenvalue weighted by Crippen LogP contribution is 2.09. The Bertz CT molecular complexity index is 214. The standard InChI is InChI=1S/C11H23N3O/c1-10(8-15-5)14(4)7-6-11(2,9-12)13-3/h10,13H,6-8H2,1-5H3. The van der Waals surface area contributed by atoms with Gasteiger partial charge < -0.3 is 15.0 Å². The minimum absolute atomic E-state index is 0.384. The van der Waals surface area contributed by atoms with Crippen LogP contribution in [-0.4, -0.2) is 50.8 Å². The zero-order valence-corrected chi connectivity index (χ0v) is 10.5. The highest BCUT2D eigenvalue weighted by atomic mass is 16.5. The number of likely N-dealkylation sites (N-methyl/N-ethyl adjacent to an activating group) is 1. The molecule has 0 saturated heterocycles. The van der Waals surface area contributed by atoms with E-state index in [9.17, 15) is 0 Å². The zero-order valence-electron chi connectivity index (χ0n) is 10.5. The number of rotatable bonds is 7. The highest BCUT2D eigenvalue weighted by molar-refractivity contribution is 5.03. The van der Waals surface area contributed by atoms with Crippen LogP contribution in [0.3, 0.4) is 0 Å². The lowest BCUT2D eigenvalue weighted by molar-refractivity contribution is 0.111. The molecule has 0 aromatic carbocycles. The molecule has 2 unspecified atom stereocenters. The Kier molecular flexibility index (Phi) is 6.50. The van der Waals surface area contributed by atoms with Crippen molar-refractivity contribution in [2.24, 2.45) is 0 Å². The van der Waals surface area contributed by atoms with Gasteiger partial charge in [-0.25, -0.2) is 0 Å². The summed E-state index contributed by atoms with van der Waals surface area (Å²) in [6, 6.07) is 2.67. The van der Waals surface area contributed by atoms with Gasteiger partial charge in [0.15, 0.2) is 0 Å². The van der Waals surface area contributed by atoms with Crippen molar-refractivity contribution < 1.29 is 4.74 Å². The van der Waals surface area contributed by atoms with Gasteiger partial charge in [0.05, 0.1) is 12.7 Å². The summed E-state index contributed by atoms with van der Waals surface area (Å²) in [5.41, 5.74) is -0.430. The third-order valence-electron chi connectivity index (χ3n) is 2.92. The summed E-state index contributed by atoms with van der Waals surface area (Å²) in [7, 11) is 5.58. The number of nitrogens with zero attached hydrogens (tertiary/aromatic N) is 2. The van der Waals surface area contributed by atoms with E-state index in [-0.39, 0.29) is 0 Å². The van der Waals surface area contributed by atoms with Crippen LogP contribution >= 0.6 is 0 Å². The summed E-state index contributed by atoms with van der Waals surface area (Å²) in [5.74, 6) is 0. The molecule has 0 saturated carbocycles. The molecule has 0 aliphatic heterocycles. The van der Waals surface area contributed by atoms with E-state index < -0.39 is 5.54 Å². The quantitative estimate of drug-likeness (QED) is 0.681. The van der Waals surface area contributed by atoms with Gasteiger partial charge in [-0.3, -0.25) is 0 Å². The van der Waals surface area contributed by atoms with Crippen molar-refractivity contribution >= 4 is 0 Å². The van der Waals surface area contributed by atoms with Crippen LogP contribution < -0.4 is 5.32 Å². The number of ether oxygens (including phenoxy) is 1. The molecular formula is C11H23N3O. The number of nitriles is 1. The fourth-order valence-electron chi connectivity index (χ4n) is 1.23. The Morgan fingerprint density at radius 2 is 2.20 bits per heavy atom. The van der Waals surface area contributed by atoms with E-state index in [1.807, 2.05) is 14.0 Å². The second-order valence-corrected chi connectivity index (χ2v) is 4.23. The molecule has 0 amide bonds. The van der Waals surface area contributed by atoms with E-state index in [4.69, 9.17) is 10.00 Å². The lowest BCUT2D eigenvalue weighted by atomic mass is 10.00. The van der Waals surface area contributed by atoms with Crippen molar-refractivity contribution in [3.8, 4) is 6.07 Å². The largest absolute Gasteiger partial charge is 0.383 e. The molecule has 15 heavy (non-hydrogen) atoms. The van der Waals surface area contributed by atoms with Gasteiger partial charge in [0.25, 0.3) is 0 Å². The van der Waals surface area contributed by atoms with Gasteiger partial charge in [-0.05, 0) is 34.4 Å². The summed E-state index contributed by atoms with van der Waals surface area (Å²) in [5, 5.41) is 12.0. The Morgan fingerprint density at radius 3 is 2.60 bits per heavy atom.